The molecule has 0 unspecified atom stereocenters. The van der Waals surface area contributed by atoms with Gasteiger partial charge < -0.3 is 25.5 Å². The van der Waals surface area contributed by atoms with Crippen LogP contribution in [-0.2, 0) is 12.1 Å². The first kappa shape index (κ1) is 23.4. The van der Waals surface area contributed by atoms with Crippen molar-refractivity contribution in [3.63, 3.8) is 0 Å². The summed E-state index contributed by atoms with van der Waals surface area (Å²) in [5, 5.41) is 27.2. The molecule has 4 N–H and O–H groups in total. The first-order valence-corrected chi connectivity index (χ1v) is 11.3. The van der Waals surface area contributed by atoms with Crippen molar-refractivity contribution in [2.24, 2.45) is 0 Å². The van der Waals surface area contributed by atoms with Gasteiger partial charge in [0.15, 0.2) is 0 Å². The second-order valence-corrected chi connectivity index (χ2v) is 8.87. The minimum atomic E-state index is -1.34. The van der Waals surface area contributed by atoms with Crippen LogP contribution in [0.2, 0.25) is 0 Å². The third-order valence-corrected chi connectivity index (χ3v) is 5.68. The molecule has 1 aliphatic heterocycles. The van der Waals surface area contributed by atoms with Crippen LogP contribution in [-0.4, -0.2) is 37.9 Å². The van der Waals surface area contributed by atoms with E-state index in [0.717, 1.165) is 11.1 Å². The normalized spacial score (nSPS) is 13.7. The molecule has 2 aromatic carbocycles. The highest BCUT2D eigenvalue weighted by molar-refractivity contribution is 5.98. The summed E-state index contributed by atoms with van der Waals surface area (Å²) in [7, 11) is 0. The largest absolute Gasteiger partial charge is 0.417 e. The fourth-order valence-electron chi connectivity index (χ4n) is 3.79. The standard InChI is InChI=1S/C25H24FN7O3/c1-25(2,35)23-33-32-22(36-23)18-13-28-24(29-16-8-9-17-15(10-16)12-27-21(17)34)31-20(18)30-19(11-26)14-6-4-3-5-7-14/h3-10,13,19,35H,11-12H2,1-2H3,(H,27,34)(H2,28,29,30,31)/t19-/m1/s1. The minimum absolute atomic E-state index is 0.0250. The number of halogens is 1. The zero-order valence-electron chi connectivity index (χ0n) is 19.6. The molecule has 0 saturated heterocycles. The summed E-state index contributed by atoms with van der Waals surface area (Å²) in [4.78, 5) is 20.8. The molecule has 0 saturated carbocycles. The van der Waals surface area contributed by atoms with Crippen molar-refractivity contribution in [1.82, 2.24) is 25.5 Å². The summed E-state index contributed by atoms with van der Waals surface area (Å²) in [6.07, 6.45) is 1.48. The molecule has 0 radical (unpaired) electrons. The highest BCUT2D eigenvalue weighted by Crippen LogP contribution is 2.32. The molecule has 1 atom stereocenters. The number of aromatic nitrogens is 4. The van der Waals surface area contributed by atoms with Gasteiger partial charge in [0.1, 0.15) is 18.1 Å². The van der Waals surface area contributed by atoms with Gasteiger partial charge in [0.05, 0.1) is 11.6 Å². The van der Waals surface area contributed by atoms with Crippen LogP contribution >= 0.6 is 0 Å². The van der Waals surface area contributed by atoms with E-state index < -0.39 is 18.3 Å². The summed E-state index contributed by atoms with van der Waals surface area (Å²) < 4.78 is 19.8. The van der Waals surface area contributed by atoms with E-state index in [4.69, 9.17) is 4.42 Å². The Kier molecular flexibility index (Phi) is 6.06. The van der Waals surface area contributed by atoms with E-state index in [0.29, 0.717) is 23.4 Å². The van der Waals surface area contributed by atoms with Crippen molar-refractivity contribution in [3.05, 3.63) is 77.3 Å². The maximum atomic E-state index is 14.1. The lowest BCUT2D eigenvalue weighted by molar-refractivity contribution is 0.0488. The number of hydrogen-bond donors (Lipinski definition) is 4. The molecule has 36 heavy (non-hydrogen) atoms. The smallest absolute Gasteiger partial charge is 0.253 e. The molecule has 1 aliphatic rings. The van der Waals surface area contributed by atoms with Crippen molar-refractivity contribution in [2.75, 3.05) is 17.3 Å². The number of rotatable bonds is 8. The number of anilines is 3. The first-order valence-electron chi connectivity index (χ1n) is 11.3. The highest BCUT2D eigenvalue weighted by Gasteiger charge is 2.26. The zero-order valence-corrected chi connectivity index (χ0v) is 19.6. The second-order valence-electron chi connectivity index (χ2n) is 8.87. The van der Waals surface area contributed by atoms with Gasteiger partial charge in [-0.3, -0.25) is 4.79 Å². The molecule has 10 nitrogen and oxygen atoms in total. The zero-order chi connectivity index (χ0) is 25.3. The van der Waals surface area contributed by atoms with Crippen molar-refractivity contribution in [1.29, 1.82) is 0 Å². The van der Waals surface area contributed by atoms with Crippen molar-refractivity contribution in [3.8, 4) is 11.5 Å². The highest BCUT2D eigenvalue weighted by atomic mass is 19.1. The van der Waals surface area contributed by atoms with E-state index in [-0.39, 0.29) is 29.5 Å². The maximum absolute atomic E-state index is 14.1. The van der Waals surface area contributed by atoms with E-state index in [1.165, 1.54) is 20.0 Å². The Hall–Kier alpha value is -4.38. The predicted molar refractivity (Wildman–Crippen MR) is 130 cm³/mol. The van der Waals surface area contributed by atoms with E-state index in [9.17, 15) is 14.3 Å². The average Bonchev–Trinajstić information content (AvgIpc) is 3.51. The number of nitrogens with zero attached hydrogens (tertiary/aromatic N) is 4. The molecule has 184 valence electrons. The fourth-order valence-corrected chi connectivity index (χ4v) is 3.79. The number of nitrogens with one attached hydrogen (secondary N) is 3. The lowest BCUT2D eigenvalue weighted by Gasteiger charge is -2.18. The van der Waals surface area contributed by atoms with Crippen LogP contribution in [0.4, 0.5) is 21.8 Å². The van der Waals surface area contributed by atoms with Crippen molar-refractivity contribution >= 4 is 23.4 Å². The number of carbonyl (C=O) groups is 1. The van der Waals surface area contributed by atoms with Gasteiger partial charge in [-0.15, -0.1) is 10.2 Å². The topological polar surface area (TPSA) is 138 Å². The molecule has 2 aromatic heterocycles. The molecule has 0 fully saturated rings. The summed E-state index contributed by atoms with van der Waals surface area (Å²) >= 11 is 0. The Labute approximate surface area is 206 Å². The third-order valence-electron chi connectivity index (χ3n) is 5.68. The average molecular weight is 490 g/mol. The van der Waals surface area contributed by atoms with Crippen LogP contribution < -0.4 is 16.0 Å². The van der Waals surface area contributed by atoms with Crippen molar-refractivity contribution < 1.29 is 18.7 Å². The van der Waals surface area contributed by atoms with Crippen LogP contribution in [0.1, 0.15) is 47.3 Å². The molecule has 3 heterocycles. The number of benzene rings is 2. The summed E-state index contributed by atoms with van der Waals surface area (Å²) in [5.74, 6) is 0.507. The number of fused-ring (bicyclic) bond motifs is 1. The molecule has 0 bridgehead atoms. The SMILES string of the molecule is CC(C)(O)c1nnc(-c2cnc(Nc3ccc4c(c3)CNC4=O)nc2N[C@H](CF)c2ccccc2)o1. The molecule has 0 aliphatic carbocycles. The Morgan fingerprint density at radius 1 is 1.17 bits per heavy atom. The van der Waals surface area contributed by atoms with Gasteiger partial charge in [-0.1, -0.05) is 30.3 Å². The number of aliphatic hydroxyl groups is 1. The molecular weight excluding hydrogens is 465 g/mol. The first-order chi connectivity index (χ1) is 17.3. The van der Waals surface area contributed by atoms with E-state index in [1.807, 2.05) is 36.4 Å². The lowest BCUT2D eigenvalue weighted by atomic mass is 10.1. The second kappa shape index (κ2) is 9.34. The molecule has 1 amide bonds. The third kappa shape index (κ3) is 4.73. The Morgan fingerprint density at radius 2 is 1.97 bits per heavy atom. The van der Waals surface area contributed by atoms with Gasteiger partial charge in [-0.05, 0) is 43.2 Å². The molecule has 11 heteroatoms. The summed E-state index contributed by atoms with van der Waals surface area (Å²) in [5.41, 5.74) is 1.94. The Morgan fingerprint density at radius 3 is 2.69 bits per heavy atom. The lowest BCUT2D eigenvalue weighted by Crippen LogP contribution is -2.16. The number of amides is 1. The van der Waals surface area contributed by atoms with Gasteiger partial charge >= 0.3 is 0 Å². The molecule has 0 spiro atoms. The predicted octanol–water partition coefficient (Wildman–Crippen LogP) is 3.86. The Bertz CT molecular complexity index is 1400. The van der Waals surface area contributed by atoms with Crippen molar-refractivity contribution in [2.45, 2.75) is 32.0 Å². The minimum Gasteiger partial charge on any atom is -0.417 e. The van der Waals surface area contributed by atoms with Crippen LogP contribution in [0.25, 0.3) is 11.5 Å². The number of hydrogen-bond acceptors (Lipinski definition) is 9. The van der Waals surface area contributed by atoms with Crippen LogP contribution in [0.15, 0.2) is 59.1 Å². The number of alkyl halides is 1. The fraction of sp³-hybridized carbons (Fsp3) is 0.240. The van der Waals surface area contributed by atoms with Gasteiger partial charge in [-0.2, -0.15) is 4.98 Å². The molecule has 5 rings (SSSR count). The van der Waals surface area contributed by atoms with E-state index in [2.05, 4.69) is 36.1 Å². The van der Waals surface area contributed by atoms with E-state index in [1.54, 1.807) is 12.1 Å². The summed E-state index contributed by atoms with van der Waals surface area (Å²) in [6.45, 7) is 2.81. The summed E-state index contributed by atoms with van der Waals surface area (Å²) in [6, 6.07) is 13.8. The quantitative estimate of drug-likeness (QED) is 0.291. The molecule has 4 aromatic rings. The number of carbonyl (C=O) groups excluding carboxylic acids is 1. The van der Waals surface area contributed by atoms with Crippen LogP contribution in [0, 0.1) is 0 Å². The van der Waals surface area contributed by atoms with Crippen LogP contribution in [0.3, 0.4) is 0 Å². The molecular formula is C25H24FN7O3. The van der Waals surface area contributed by atoms with E-state index >= 15 is 0 Å². The van der Waals surface area contributed by atoms with Gasteiger partial charge in [-0.25, -0.2) is 9.37 Å². The Balaban J connectivity index is 1.50. The van der Waals surface area contributed by atoms with Gasteiger partial charge in [0, 0.05) is 24.0 Å². The monoisotopic (exact) mass is 489 g/mol. The van der Waals surface area contributed by atoms with Gasteiger partial charge in [0.25, 0.3) is 11.8 Å². The maximum Gasteiger partial charge on any atom is 0.253 e. The van der Waals surface area contributed by atoms with Crippen LogP contribution in [0.5, 0.6) is 0 Å². The van der Waals surface area contributed by atoms with Gasteiger partial charge in [0.2, 0.25) is 11.8 Å².